The van der Waals surface area contributed by atoms with Gasteiger partial charge < -0.3 is 9.64 Å². The van der Waals surface area contributed by atoms with E-state index in [-0.39, 0.29) is 24.6 Å². The van der Waals surface area contributed by atoms with Crippen LogP contribution in [-0.2, 0) is 9.53 Å². The van der Waals surface area contributed by atoms with Gasteiger partial charge in [0.25, 0.3) is 0 Å². The Morgan fingerprint density at radius 1 is 1.45 bits per heavy atom. The summed E-state index contributed by atoms with van der Waals surface area (Å²) in [5, 5.41) is 0. The molecule has 0 aromatic heterocycles. The first kappa shape index (κ1) is 14.6. The first-order valence-electron chi connectivity index (χ1n) is 6.92. The van der Waals surface area contributed by atoms with Crippen LogP contribution in [0.15, 0.2) is 17.3 Å². The largest absolute Gasteiger partial charge is 0.447 e. The Morgan fingerprint density at radius 2 is 2.20 bits per heavy atom. The molecule has 20 heavy (non-hydrogen) atoms. The summed E-state index contributed by atoms with van der Waals surface area (Å²) in [5.41, 5.74) is 1.02. The van der Waals surface area contributed by atoms with E-state index in [0.29, 0.717) is 13.1 Å². The minimum absolute atomic E-state index is 0.0405. The van der Waals surface area contributed by atoms with Gasteiger partial charge in [0.1, 0.15) is 6.54 Å². The Balaban J connectivity index is 1.93. The summed E-state index contributed by atoms with van der Waals surface area (Å²) in [7, 11) is 0. The standard InChI is InChI=1S/C14H21N3O3/c1-10(2)20-14(19)16-6-7-17(13(18)9-16)12-4-5-15-11(3)8-12/h4-5,10,12H,6-9H2,1-3H3. The fourth-order valence-electron chi connectivity index (χ4n) is 2.38. The second kappa shape index (κ2) is 6.07. The zero-order valence-electron chi connectivity index (χ0n) is 12.2. The van der Waals surface area contributed by atoms with Crippen molar-refractivity contribution < 1.29 is 14.3 Å². The van der Waals surface area contributed by atoms with Crippen LogP contribution in [0.4, 0.5) is 4.79 Å². The lowest BCUT2D eigenvalue weighted by Crippen LogP contribution is -2.55. The third-order valence-corrected chi connectivity index (χ3v) is 3.36. The van der Waals surface area contributed by atoms with Crippen LogP contribution in [0.5, 0.6) is 0 Å². The molecule has 0 radical (unpaired) electrons. The van der Waals surface area contributed by atoms with E-state index in [2.05, 4.69) is 4.99 Å². The highest BCUT2D eigenvalue weighted by Crippen LogP contribution is 2.16. The lowest BCUT2D eigenvalue weighted by Gasteiger charge is -2.38. The van der Waals surface area contributed by atoms with Crippen molar-refractivity contribution in [2.45, 2.75) is 39.3 Å². The van der Waals surface area contributed by atoms with Crippen LogP contribution in [0, 0.1) is 0 Å². The van der Waals surface area contributed by atoms with Gasteiger partial charge in [-0.25, -0.2) is 4.79 Å². The van der Waals surface area contributed by atoms with Gasteiger partial charge in [0.15, 0.2) is 0 Å². The molecule has 6 heteroatoms. The first-order valence-corrected chi connectivity index (χ1v) is 6.92. The molecule has 0 bridgehead atoms. The van der Waals surface area contributed by atoms with Gasteiger partial charge in [-0.2, -0.15) is 0 Å². The van der Waals surface area contributed by atoms with E-state index >= 15 is 0 Å². The van der Waals surface area contributed by atoms with Crippen LogP contribution < -0.4 is 0 Å². The zero-order chi connectivity index (χ0) is 14.7. The SMILES string of the molecule is CC1=NC=CC(N2CCN(C(=O)OC(C)C)CC2=O)C1. The molecule has 2 rings (SSSR count). The summed E-state index contributed by atoms with van der Waals surface area (Å²) in [4.78, 5) is 31.5. The number of carbonyl (C=O) groups is 2. The summed E-state index contributed by atoms with van der Waals surface area (Å²) in [6.45, 7) is 6.69. The normalized spacial score (nSPS) is 23.1. The molecule has 1 fully saturated rings. The Hall–Kier alpha value is -1.85. The van der Waals surface area contributed by atoms with Gasteiger partial charge in [0, 0.05) is 31.4 Å². The maximum Gasteiger partial charge on any atom is 0.410 e. The highest BCUT2D eigenvalue weighted by Gasteiger charge is 2.32. The van der Waals surface area contributed by atoms with Gasteiger partial charge >= 0.3 is 6.09 Å². The zero-order valence-corrected chi connectivity index (χ0v) is 12.2. The predicted octanol–water partition coefficient (Wildman–Crippen LogP) is 1.42. The molecule has 0 aliphatic carbocycles. The third kappa shape index (κ3) is 3.37. The molecule has 6 nitrogen and oxygen atoms in total. The molecular weight excluding hydrogens is 258 g/mol. The molecular formula is C14H21N3O3. The minimum atomic E-state index is -0.412. The lowest BCUT2D eigenvalue weighted by atomic mass is 10.1. The Labute approximate surface area is 119 Å². The van der Waals surface area contributed by atoms with Crippen LogP contribution >= 0.6 is 0 Å². The third-order valence-electron chi connectivity index (χ3n) is 3.36. The smallest absolute Gasteiger partial charge is 0.410 e. The summed E-state index contributed by atoms with van der Waals surface area (Å²) < 4.78 is 5.12. The highest BCUT2D eigenvalue weighted by atomic mass is 16.6. The number of ether oxygens (including phenoxy) is 1. The molecule has 2 aliphatic heterocycles. The van der Waals surface area contributed by atoms with Crippen LogP contribution in [0.1, 0.15) is 27.2 Å². The molecule has 0 N–H and O–H groups in total. The number of rotatable bonds is 2. The molecule has 110 valence electrons. The Kier molecular flexibility index (Phi) is 4.42. The fourth-order valence-corrected chi connectivity index (χ4v) is 2.38. The van der Waals surface area contributed by atoms with Gasteiger partial charge in [-0.1, -0.05) is 0 Å². The monoisotopic (exact) mass is 279 g/mol. The van der Waals surface area contributed by atoms with Gasteiger partial charge in [-0.3, -0.25) is 14.7 Å². The van der Waals surface area contributed by atoms with Crippen molar-refractivity contribution in [1.82, 2.24) is 9.80 Å². The maximum absolute atomic E-state index is 12.2. The quantitative estimate of drug-likeness (QED) is 0.768. The molecule has 2 amide bonds. The van der Waals surface area contributed by atoms with Gasteiger partial charge in [0.05, 0.1) is 12.1 Å². The first-order chi connectivity index (χ1) is 9.47. The highest BCUT2D eigenvalue weighted by molar-refractivity contribution is 5.87. The minimum Gasteiger partial charge on any atom is -0.447 e. The van der Waals surface area contributed by atoms with Gasteiger partial charge in [0.2, 0.25) is 5.91 Å². The fraction of sp³-hybridized carbons (Fsp3) is 0.643. The number of nitrogens with zero attached hydrogens (tertiary/aromatic N) is 3. The van der Waals surface area contributed by atoms with Crippen molar-refractivity contribution >= 4 is 17.7 Å². The van der Waals surface area contributed by atoms with E-state index in [9.17, 15) is 9.59 Å². The van der Waals surface area contributed by atoms with E-state index in [1.165, 1.54) is 4.90 Å². The lowest BCUT2D eigenvalue weighted by molar-refractivity contribution is -0.137. The molecule has 1 saturated heterocycles. The van der Waals surface area contributed by atoms with E-state index in [4.69, 9.17) is 4.74 Å². The molecule has 0 spiro atoms. The Morgan fingerprint density at radius 3 is 2.80 bits per heavy atom. The van der Waals surface area contributed by atoms with Crippen LogP contribution in [0.3, 0.4) is 0 Å². The van der Waals surface area contributed by atoms with Crippen molar-refractivity contribution in [1.29, 1.82) is 0 Å². The molecule has 0 aromatic carbocycles. The van der Waals surface area contributed by atoms with Crippen molar-refractivity contribution in [3.8, 4) is 0 Å². The topological polar surface area (TPSA) is 62.2 Å². The Bertz CT molecular complexity index is 457. The van der Waals surface area contributed by atoms with Crippen molar-refractivity contribution in [3.05, 3.63) is 12.3 Å². The number of carbonyl (C=O) groups excluding carboxylic acids is 2. The van der Waals surface area contributed by atoms with Crippen molar-refractivity contribution in [3.63, 3.8) is 0 Å². The van der Waals surface area contributed by atoms with Crippen LogP contribution in [-0.4, -0.2) is 59.3 Å². The number of hydrogen-bond donors (Lipinski definition) is 0. The van der Waals surface area contributed by atoms with E-state index in [1.807, 2.05) is 17.9 Å². The average molecular weight is 279 g/mol. The molecule has 1 unspecified atom stereocenters. The van der Waals surface area contributed by atoms with Crippen LogP contribution in [0.2, 0.25) is 0 Å². The summed E-state index contributed by atoms with van der Waals surface area (Å²) in [6, 6.07) is 0.0586. The second-order valence-corrected chi connectivity index (χ2v) is 5.42. The molecule has 0 saturated carbocycles. The number of piperazine rings is 1. The number of amides is 2. The summed E-state index contributed by atoms with van der Waals surface area (Å²) in [5.74, 6) is -0.0405. The molecule has 2 heterocycles. The van der Waals surface area contributed by atoms with Crippen molar-refractivity contribution in [2.75, 3.05) is 19.6 Å². The maximum atomic E-state index is 12.2. The van der Waals surface area contributed by atoms with E-state index in [0.717, 1.165) is 12.1 Å². The van der Waals surface area contributed by atoms with Crippen LogP contribution in [0.25, 0.3) is 0 Å². The van der Waals surface area contributed by atoms with Gasteiger partial charge in [-0.05, 0) is 26.8 Å². The van der Waals surface area contributed by atoms with Crippen molar-refractivity contribution in [2.24, 2.45) is 4.99 Å². The summed E-state index contributed by atoms with van der Waals surface area (Å²) >= 11 is 0. The molecule has 2 aliphatic rings. The van der Waals surface area contributed by atoms with E-state index < -0.39 is 6.09 Å². The molecule has 1 atom stereocenters. The second-order valence-electron chi connectivity index (χ2n) is 5.42. The predicted molar refractivity (Wildman–Crippen MR) is 75.6 cm³/mol. The van der Waals surface area contributed by atoms with E-state index in [1.54, 1.807) is 20.0 Å². The molecule has 0 aromatic rings. The average Bonchev–Trinajstić information content (AvgIpc) is 2.37. The number of aliphatic imine (C=N–C) groups is 1. The number of hydrogen-bond acceptors (Lipinski definition) is 4. The summed E-state index contributed by atoms with van der Waals surface area (Å²) in [6.07, 6.45) is 3.86. The van der Waals surface area contributed by atoms with Gasteiger partial charge in [-0.15, -0.1) is 0 Å².